The summed E-state index contributed by atoms with van der Waals surface area (Å²) in [6, 6.07) is 14.5. The molecular weight excluding hydrogens is 322 g/mol. The van der Waals surface area contributed by atoms with Gasteiger partial charge in [0.05, 0.1) is 7.11 Å². The van der Waals surface area contributed by atoms with Gasteiger partial charge in [0.25, 0.3) is 0 Å². The van der Waals surface area contributed by atoms with Crippen molar-refractivity contribution in [1.82, 2.24) is 0 Å². The fraction of sp³-hybridized carbons (Fsp3) is 0.200. The highest BCUT2D eigenvalue weighted by atomic mass is 79.9. The minimum absolute atomic E-state index is 0.560. The molecule has 0 bridgehead atoms. The second-order valence-corrected chi connectivity index (χ2v) is 6.00. The summed E-state index contributed by atoms with van der Waals surface area (Å²) in [5.74, 6) is 1.84. The standard InChI is InChI=1S/C15H16BrNOS/c1-18-13-5-2-11(3-6-13)10-19-14-7-4-12(9-17)15(16)8-14/h2-8H,9-10,17H2,1H3. The van der Waals surface area contributed by atoms with Gasteiger partial charge in [0.15, 0.2) is 0 Å². The number of hydrogen-bond donors (Lipinski definition) is 1. The smallest absolute Gasteiger partial charge is 0.118 e. The zero-order valence-corrected chi connectivity index (χ0v) is 13.1. The van der Waals surface area contributed by atoms with Crippen LogP contribution in [0.1, 0.15) is 11.1 Å². The fourth-order valence-corrected chi connectivity index (χ4v) is 3.26. The van der Waals surface area contributed by atoms with Crippen molar-refractivity contribution in [3.63, 3.8) is 0 Å². The normalized spacial score (nSPS) is 10.5. The molecule has 19 heavy (non-hydrogen) atoms. The predicted octanol–water partition coefficient (Wildman–Crippen LogP) is 4.21. The molecule has 0 aliphatic carbocycles. The van der Waals surface area contributed by atoms with E-state index >= 15 is 0 Å². The Morgan fingerprint density at radius 2 is 1.89 bits per heavy atom. The molecule has 0 heterocycles. The third kappa shape index (κ3) is 4.00. The van der Waals surface area contributed by atoms with E-state index in [1.54, 1.807) is 7.11 Å². The first kappa shape index (κ1) is 14.4. The first-order valence-corrected chi connectivity index (χ1v) is 7.75. The summed E-state index contributed by atoms with van der Waals surface area (Å²) in [7, 11) is 1.68. The van der Waals surface area contributed by atoms with Crippen molar-refractivity contribution in [2.45, 2.75) is 17.2 Å². The molecule has 100 valence electrons. The lowest BCUT2D eigenvalue weighted by Gasteiger charge is -2.06. The summed E-state index contributed by atoms with van der Waals surface area (Å²) in [5, 5.41) is 0. The molecule has 2 N–H and O–H groups in total. The van der Waals surface area contributed by atoms with E-state index in [4.69, 9.17) is 10.5 Å². The summed E-state index contributed by atoms with van der Waals surface area (Å²) in [6.45, 7) is 0.560. The second-order valence-electron chi connectivity index (χ2n) is 4.09. The maximum atomic E-state index is 5.64. The SMILES string of the molecule is COc1ccc(CSc2ccc(CN)c(Br)c2)cc1. The number of ether oxygens (including phenoxy) is 1. The third-order valence-electron chi connectivity index (χ3n) is 2.81. The molecule has 4 heteroatoms. The van der Waals surface area contributed by atoms with Gasteiger partial charge >= 0.3 is 0 Å². The molecule has 0 atom stereocenters. The van der Waals surface area contributed by atoms with Gasteiger partial charge in [-0.25, -0.2) is 0 Å². The number of benzene rings is 2. The zero-order valence-electron chi connectivity index (χ0n) is 10.7. The maximum Gasteiger partial charge on any atom is 0.118 e. The molecule has 2 aromatic rings. The van der Waals surface area contributed by atoms with Gasteiger partial charge in [0, 0.05) is 21.7 Å². The number of nitrogens with two attached hydrogens (primary N) is 1. The molecule has 0 saturated heterocycles. The molecule has 0 aliphatic heterocycles. The summed E-state index contributed by atoms with van der Waals surface area (Å²) in [5.41, 5.74) is 8.06. The summed E-state index contributed by atoms with van der Waals surface area (Å²) in [4.78, 5) is 1.24. The van der Waals surface area contributed by atoms with Gasteiger partial charge < -0.3 is 10.5 Å². The van der Waals surface area contributed by atoms with Crippen LogP contribution in [0.4, 0.5) is 0 Å². The highest BCUT2D eigenvalue weighted by Crippen LogP contribution is 2.28. The predicted molar refractivity (Wildman–Crippen MR) is 84.6 cm³/mol. The molecular formula is C15H16BrNOS. The van der Waals surface area contributed by atoms with Crippen LogP contribution in [0.15, 0.2) is 51.8 Å². The van der Waals surface area contributed by atoms with Crippen LogP contribution in [0.25, 0.3) is 0 Å². The van der Waals surface area contributed by atoms with Gasteiger partial charge in [-0.1, -0.05) is 34.1 Å². The quantitative estimate of drug-likeness (QED) is 0.830. The Morgan fingerprint density at radius 1 is 1.16 bits per heavy atom. The fourth-order valence-electron chi connectivity index (χ4n) is 1.67. The highest BCUT2D eigenvalue weighted by Gasteiger charge is 2.01. The van der Waals surface area contributed by atoms with Crippen LogP contribution >= 0.6 is 27.7 Å². The third-order valence-corrected chi connectivity index (χ3v) is 4.61. The van der Waals surface area contributed by atoms with Gasteiger partial charge in [0.1, 0.15) is 5.75 Å². The molecule has 2 aromatic carbocycles. The van der Waals surface area contributed by atoms with Crippen molar-refractivity contribution in [3.8, 4) is 5.75 Å². The molecule has 0 spiro atoms. The Balaban J connectivity index is 1.99. The van der Waals surface area contributed by atoms with E-state index in [-0.39, 0.29) is 0 Å². The van der Waals surface area contributed by atoms with E-state index in [0.717, 1.165) is 21.5 Å². The van der Waals surface area contributed by atoms with Gasteiger partial charge in [0.2, 0.25) is 0 Å². The van der Waals surface area contributed by atoms with Gasteiger partial charge in [-0.15, -0.1) is 11.8 Å². The van der Waals surface area contributed by atoms with Crippen molar-refractivity contribution in [2.75, 3.05) is 7.11 Å². The average Bonchev–Trinajstić information content (AvgIpc) is 2.46. The average molecular weight is 338 g/mol. The molecule has 0 unspecified atom stereocenters. The van der Waals surface area contributed by atoms with E-state index in [2.05, 4.69) is 46.3 Å². The van der Waals surface area contributed by atoms with Crippen molar-refractivity contribution in [1.29, 1.82) is 0 Å². The Kier molecular flexibility index (Phi) is 5.31. The summed E-state index contributed by atoms with van der Waals surface area (Å²) >= 11 is 5.35. The molecule has 0 radical (unpaired) electrons. The topological polar surface area (TPSA) is 35.2 Å². The minimum atomic E-state index is 0.560. The van der Waals surface area contributed by atoms with E-state index in [0.29, 0.717) is 6.54 Å². The van der Waals surface area contributed by atoms with Crippen molar-refractivity contribution < 1.29 is 4.74 Å². The van der Waals surface area contributed by atoms with Crippen LogP contribution in [0.2, 0.25) is 0 Å². The lowest BCUT2D eigenvalue weighted by atomic mass is 10.2. The molecule has 0 saturated carbocycles. The maximum absolute atomic E-state index is 5.64. The zero-order chi connectivity index (χ0) is 13.7. The van der Waals surface area contributed by atoms with Gasteiger partial charge in [-0.3, -0.25) is 0 Å². The Labute approximate surface area is 126 Å². The number of thioether (sulfide) groups is 1. The summed E-state index contributed by atoms with van der Waals surface area (Å²) in [6.07, 6.45) is 0. The molecule has 0 fully saturated rings. The van der Waals surface area contributed by atoms with E-state index in [1.165, 1.54) is 10.5 Å². The number of hydrogen-bond acceptors (Lipinski definition) is 3. The van der Waals surface area contributed by atoms with Crippen molar-refractivity contribution in [2.24, 2.45) is 5.73 Å². The Morgan fingerprint density at radius 3 is 2.47 bits per heavy atom. The lowest BCUT2D eigenvalue weighted by Crippen LogP contribution is -1.96. The van der Waals surface area contributed by atoms with Crippen LogP contribution in [-0.4, -0.2) is 7.11 Å². The van der Waals surface area contributed by atoms with Crippen LogP contribution < -0.4 is 10.5 Å². The van der Waals surface area contributed by atoms with E-state index in [1.807, 2.05) is 23.9 Å². The van der Waals surface area contributed by atoms with Crippen LogP contribution in [0.3, 0.4) is 0 Å². The van der Waals surface area contributed by atoms with Crippen molar-refractivity contribution >= 4 is 27.7 Å². The molecule has 2 nitrogen and oxygen atoms in total. The number of rotatable bonds is 5. The van der Waals surface area contributed by atoms with Crippen LogP contribution in [0.5, 0.6) is 5.75 Å². The first-order valence-electron chi connectivity index (χ1n) is 5.97. The number of halogens is 1. The van der Waals surface area contributed by atoms with E-state index < -0.39 is 0 Å². The molecule has 2 rings (SSSR count). The molecule has 0 amide bonds. The molecule has 0 aromatic heterocycles. The van der Waals surface area contributed by atoms with E-state index in [9.17, 15) is 0 Å². The molecule has 0 aliphatic rings. The lowest BCUT2D eigenvalue weighted by molar-refractivity contribution is 0.414. The second kappa shape index (κ2) is 6.98. The Bertz CT molecular complexity index is 542. The highest BCUT2D eigenvalue weighted by molar-refractivity contribution is 9.10. The summed E-state index contributed by atoms with van der Waals surface area (Å²) < 4.78 is 6.23. The number of methoxy groups -OCH3 is 1. The van der Waals surface area contributed by atoms with Crippen LogP contribution in [-0.2, 0) is 12.3 Å². The van der Waals surface area contributed by atoms with Gasteiger partial charge in [-0.05, 0) is 35.4 Å². The Hall–Kier alpha value is -0.970. The largest absolute Gasteiger partial charge is 0.497 e. The van der Waals surface area contributed by atoms with Crippen molar-refractivity contribution in [3.05, 3.63) is 58.1 Å². The monoisotopic (exact) mass is 337 g/mol. The van der Waals surface area contributed by atoms with Crippen LogP contribution in [0, 0.1) is 0 Å². The first-order chi connectivity index (χ1) is 9.22. The van der Waals surface area contributed by atoms with Gasteiger partial charge in [-0.2, -0.15) is 0 Å². The minimum Gasteiger partial charge on any atom is -0.497 e.